The summed E-state index contributed by atoms with van der Waals surface area (Å²) < 4.78 is 3.01. The third-order valence-electron chi connectivity index (χ3n) is 3.32. The van der Waals surface area contributed by atoms with Crippen LogP contribution in [0.2, 0.25) is 0 Å². The van der Waals surface area contributed by atoms with Crippen molar-refractivity contribution in [1.29, 1.82) is 0 Å². The summed E-state index contributed by atoms with van der Waals surface area (Å²) in [6.45, 7) is 1.79. The number of rotatable bonds is 4. The average molecular weight is 336 g/mol. The number of hydrogen-bond acceptors (Lipinski definition) is 7. The van der Waals surface area contributed by atoms with E-state index >= 15 is 0 Å². The first-order valence-corrected chi connectivity index (χ1v) is 8.58. The second-order valence-electron chi connectivity index (χ2n) is 5.13. The van der Waals surface area contributed by atoms with Gasteiger partial charge in [0.2, 0.25) is 4.96 Å². The molecule has 3 aromatic rings. The molecule has 4 rings (SSSR count). The highest BCUT2D eigenvalue weighted by Gasteiger charge is 2.28. The van der Waals surface area contributed by atoms with Gasteiger partial charge >= 0.3 is 5.69 Å². The molecule has 1 N–H and O–H groups in total. The van der Waals surface area contributed by atoms with Crippen molar-refractivity contribution in [2.24, 2.45) is 0 Å². The van der Waals surface area contributed by atoms with Crippen LogP contribution >= 0.6 is 23.1 Å². The second kappa shape index (κ2) is 5.06. The average Bonchev–Trinajstić information content (AvgIpc) is 3.10. The number of aromatic amines is 1. The summed E-state index contributed by atoms with van der Waals surface area (Å²) in [6.07, 6.45) is 2.04. The molecule has 1 aliphatic rings. The fourth-order valence-electron chi connectivity index (χ4n) is 2.19. The van der Waals surface area contributed by atoms with Gasteiger partial charge in [0.1, 0.15) is 5.01 Å². The molecule has 114 valence electrons. The Kier molecular flexibility index (Phi) is 3.15. The predicted octanol–water partition coefficient (Wildman–Crippen LogP) is 0.971. The molecule has 0 unspecified atom stereocenters. The molecule has 0 aliphatic heterocycles. The summed E-state index contributed by atoms with van der Waals surface area (Å²) in [6, 6.07) is 1.73. The zero-order chi connectivity index (χ0) is 15.3. The van der Waals surface area contributed by atoms with Crippen LogP contribution in [0.1, 0.15) is 29.6 Å². The lowest BCUT2D eigenvalue weighted by molar-refractivity contribution is 0.642. The van der Waals surface area contributed by atoms with Gasteiger partial charge < -0.3 is 0 Å². The maximum absolute atomic E-state index is 11.8. The summed E-state index contributed by atoms with van der Waals surface area (Å²) >= 11 is 2.82. The SMILES string of the molecule is Cc1cc(=O)n2nc(CSc3n[nH]c(=O)n3C3CC3)sc2n1. The van der Waals surface area contributed by atoms with Crippen molar-refractivity contribution in [2.45, 2.75) is 36.7 Å². The third-order valence-corrected chi connectivity index (χ3v) is 5.38. The van der Waals surface area contributed by atoms with Crippen LogP contribution in [0, 0.1) is 6.92 Å². The van der Waals surface area contributed by atoms with Crippen LogP contribution in [0.4, 0.5) is 0 Å². The molecule has 0 spiro atoms. The van der Waals surface area contributed by atoms with Crippen molar-refractivity contribution in [3.05, 3.63) is 37.6 Å². The van der Waals surface area contributed by atoms with Crippen LogP contribution < -0.4 is 11.2 Å². The summed E-state index contributed by atoms with van der Waals surface area (Å²) in [5.41, 5.74) is 0.343. The van der Waals surface area contributed by atoms with Gasteiger partial charge in [-0.1, -0.05) is 23.1 Å². The topological polar surface area (TPSA) is 97.9 Å². The van der Waals surface area contributed by atoms with Gasteiger partial charge in [-0.05, 0) is 19.8 Å². The number of thioether (sulfide) groups is 1. The molecule has 1 saturated carbocycles. The summed E-state index contributed by atoms with van der Waals surface area (Å²) in [5.74, 6) is 0.545. The number of hydrogen-bond donors (Lipinski definition) is 1. The van der Waals surface area contributed by atoms with Gasteiger partial charge in [0.25, 0.3) is 5.56 Å². The normalized spacial score (nSPS) is 14.8. The van der Waals surface area contributed by atoms with Crippen molar-refractivity contribution < 1.29 is 0 Å². The second-order valence-corrected chi connectivity index (χ2v) is 7.11. The molecule has 1 aliphatic carbocycles. The van der Waals surface area contributed by atoms with E-state index in [0.717, 1.165) is 17.8 Å². The Morgan fingerprint density at radius 2 is 2.27 bits per heavy atom. The Labute approximate surface area is 132 Å². The van der Waals surface area contributed by atoms with Crippen molar-refractivity contribution in [3.63, 3.8) is 0 Å². The number of fused-ring (bicyclic) bond motifs is 1. The molecule has 10 heteroatoms. The third kappa shape index (κ3) is 2.37. The Morgan fingerprint density at radius 1 is 1.45 bits per heavy atom. The van der Waals surface area contributed by atoms with E-state index in [1.165, 1.54) is 33.7 Å². The Balaban J connectivity index is 1.61. The van der Waals surface area contributed by atoms with Gasteiger partial charge in [0.15, 0.2) is 5.16 Å². The minimum absolute atomic E-state index is 0.164. The van der Waals surface area contributed by atoms with E-state index in [1.807, 2.05) is 0 Å². The van der Waals surface area contributed by atoms with Crippen molar-refractivity contribution in [2.75, 3.05) is 0 Å². The first kappa shape index (κ1) is 13.7. The highest BCUT2D eigenvalue weighted by Crippen LogP contribution is 2.36. The number of nitrogens with zero attached hydrogens (tertiary/aromatic N) is 5. The molecule has 0 bridgehead atoms. The standard InChI is InChI=1S/C12H12N6O2S2/c1-6-4-9(19)18-11(13-6)22-8(16-18)5-21-12-15-14-10(20)17(12)7-2-3-7/h4,7H,2-3,5H2,1H3,(H,14,20). The molecular weight excluding hydrogens is 324 g/mol. The summed E-state index contributed by atoms with van der Waals surface area (Å²) in [4.78, 5) is 28.4. The highest BCUT2D eigenvalue weighted by atomic mass is 32.2. The molecule has 0 amide bonds. The van der Waals surface area contributed by atoms with E-state index in [-0.39, 0.29) is 17.3 Å². The fourth-order valence-corrected chi connectivity index (χ4v) is 4.14. The van der Waals surface area contributed by atoms with Gasteiger partial charge in [-0.15, -0.1) is 5.10 Å². The lowest BCUT2D eigenvalue weighted by atomic mass is 10.5. The van der Waals surface area contributed by atoms with Crippen molar-refractivity contribution in [3.8, 4) is 0 Å². The first-order valence-electron chi connectivity index (χ1n) is 6.78. The van der Waals surface area contributed by atoms with E-state index in [1.54, 1.807) is 11.5 Å². The van der Waals surface area contributed by atoms with Crippen LogP contribution in [-0.2, 0) is 5.75 Å². The van der Waals surface area contributed by atoms with Crippen LogP contribution in [0.5, 0.6) is 0 Å². The van der Waals surface area contributed by atoms with E-state index in [4.69, 9.17) is 0 Å². The maximum Gasteiger partial charge on any atom is 0.344 e. The van der Waals surface area contributed by atoms with E-state index in [9.17, 15) is 9.59 Å². The predicted molar refractivity (Wildman–Crippen MR) is 82.6 cm³/mol. The quantitative estimate of drug-likeness (QED) is 0.713. The zero-order valence-electron chi connectivity index (χ0n) is 11.6. The van der Waals surface area contributed by atoms with Gasteiger partial charge in [-0.3, -0.25) is 9.36 Å². The smallest absolute Gasteiger partial charge is 0.267 e. The van der Waals surface area contributed by atoms with Crippen LogP contribution in [-0.4, -0.2) is 29.4 Å². The minimum Gasteiger partial charge on any atom is -0.267 e. The van der Waals surface area contributed by atoms with Crippen molar-refractivity contribution in [1.82, 2.24) is 29.4 Å². The summed E-state index contributed by atoms with van der Waals surface area (Å²) in [5, 5.41) is 12.3. The minimum atomic E-state index is -0.176. The number of aryl methyl sites for hydroxylation is 1. The molecule has 8 nitrogen and oxygen atoms in total. The molecule has 0 atom stereocenters. The largest absolute Gasteiger partial charge is 0.344 e. The lowest BCUT2D eigenvalue weighted by Gasteiger charge is -2.00. The van der Waals surface area contributed by atoms with Crippen LogP contribution in [0.15, 0.2) is 20.8 Å². The fraction of sp³-hybridized carbons (Fsp3) is 0.417. The Morgan fingerprint density at radius 3 is 3.05 bits per heavy atom. The molecule has 0 saturated heterocycles. The van der Waals surface area contributed by atoms with Crippen LogP contribution in [0.25, 0.3) is 4.96 Å². The molecule has 0 radical (unpaired) electrons. The number of H-pyrrole nitrogens is 1. The molecule has 22 heavy (non-hydrogen) atoms. The number of nitrogens with one attached hydrogen (secondary N) is 1. The Bertz CT molecular complexity index is 964. The van der Waals surface area contributed by atoms with Crippen LogP contribution in [0.3, 0.4) is 0 Å². The van der Waals surface area contributed by atoms with Gasteiger partial charge in [0.05, 0.1) is 5.75 Å². The van der Waals surface area contributed by atoms with E-state index in [0.29, 0.717) is 21.6 Å². The monoisotopic (exact) mass is 336 g/mol. The van der Waals surface area contributed by atoms with E-state index in [2.05, 4.69) is 20.3 Å². The number of aromatic nitrogens is 6. The van der Waals surface area contributed by atoms with E-state index < -0.39 is 0 Å². The highest BCUT2D eigenvalue weighted by molar-refractivity contribution is 7.98. The van der Waals surface area contributed by atoms with Gasteiger partial charge in [-0.2, -0.15) is 9.61 Å². The van der Waals surface area contributed by atoms with Gasteiger partial charge in [0, 0.05) is 17.8 Å². The Hall–Kier alpha value is -1.94. The lowest BCUT2D eigenvalue weighted by Crippen LogP contribution is -2.16. The molecule has 3 aromatic heterocycles. The first-order chi connectivity index (χ1) is 10.6. The zero-order valence-corrected chi connectivity index (χ0v) is 13.3. The van der Waals surface area contributed by atoms with Crippen molar-refractivity contribution >= 4 is 28.1 Å². The molecule has 3 heterocycles. The van der Waals surface area contributed by atoms with Gasteiger partial charge in [-0.25, -0.2) is 14.9 Å². The summed E-state index contributed by atoms with van der Waals surface area (Å²) in [7, 11) is 0. The molecule has 1 fully saturated rings. The molecule has 0 aromatic carbocycles. The molecular formula is C12H12N6O2S2. The maximum atomic E-state index is 11.8.